The minimum Gasteiger partial charge on any atom is -0.481 e. The number of ether oxygens (including phenoxy) is 1. The van der Waals surface area contributed by atoms with E-state index < -0.39 is 11.9 Å². The average molecular weight is 260 g/mol. The molecule has 2 heterocycles. The van der Waals surface area contributed by atoms with Crippen LogP contribution in [0, 0.1) is 0 Å². The number of benzene rings is 1. The predicted octanol–water partition coefficient (Wildman–Crippen LogP) is 2.30. The highest BCUT2D eigenvalue weighted by Gasteiger charge is 2.33. The van der Waals surface area contributed by atoms with Gasteiger partial charge in [0.15, 0.2) is 0 Å². The molecule has 2 unspecified atom stereocenters. The van der Waals surface area contributed by atoms with E-state index >= 15 is 0 Å². The minimum atomic E-state index is -0.833. The van der Waals surface area contributed by atoms with Crippen LogP contribution in [0.2, 0.25) is 0 Å². The second-order valence-corrected chi connectivity index (χ2v) is 4.90. The highest BCUT2D eigenvalue weighted by molar-refractivity contribution is 5.88. The molecule has 3 rings (SSSR count). The number of rotatable bonds is 3. The molecule has 2 N–H and O–H groups in total. The smallest absolute Gasteiger partial charge is 0.313 e. The van der Waals surface area contributed by atoms with E-state index in [1.54, 1.807) is 6.20 Å². The summed E-state index contributed by atoms with van der Waals surface area (Å²) in [6, 6.07) is 5.61. The lowest BCUT2D eigenvalue weighted by molar-refractivity contribution is -0.144. The number of hydrogen-bond donors (Lipinski definition) is 2. The van der Waals surface area contributed by atoms with Gasteiger partial charge in [-0.1, -0.05) is 12.1 Å². The van der Waals surface area contributed by atoms with Crippen molar-refractivity contribution in [2.75, 3.05) is 6.61 Å². The summed E-state index contributed by atoms with van der Waals surface area (Å²) in [6.45, 7) is 0.649. The number of carboxylic acids is 1. The van der Waals surface area contributed by atoms with Crippen molar-refractivity contribution in [2.45, 2.75) is 31.3 Å². The van der Waals surface area contributed by atoms with Gasteiger partial charge < -0.3 is 9.84 Å². The van der Waals surface area contributed by atoms with Crippen LogP contribution in [-0.2, 0) is 9.53 Å². The summed E-state index contributed by atoms with van der Waals surface area (Å²) in [7, 11) is 0. The van der Waals surface area contributed by atoms with Crippen molar-refractivity contribution in [3.05, 3.63) is 30.0 Å². The second-order valence-electron chi connectivity index (χ2n) is 4.90. The molecule has 1 aliphatic heterocycles. The number of nitrogens with zero attached hydrogens (tertiary/aromatic N) is 1. The molecule has 5 nitrogen and oxygen atoms in total. The van der Waals surface area contributed by atoms with Crippen molar-refractivity contribution in [3.63, 3.8) is 0 Å². The molecule has 2 aromatic rings. The Morgan fingerprint density at radius 2 is 2.37 bits per heavy atom. The fourth-order valence-corrected chi connectivity index (χ4v) is 2.78. The van der Waals surface area contributed by atoms with Crippen molar-refractivity contribution in [2.24, 2.45) is 0 Å². The highest BCUT2D eigenvalue weighted by Crippen LogP contribution is 2.32. The number of carboxylic acid groups (broad SMARTS) is 1. The van der Waals surface area contributed by atoms with Crippen molar-refractivity contribution in [3.8, 4) is 0 Å². The first-order valence-electron chi connectivity index (χ1n) is 6.54. The zero-order chi connectivity index (χ0) is 13.2. The van der Waals surface area contributed by atoms with Gasteiger partial charge >= 0.3 is 5.97 Å². The van der Waals surface area contributed by atoms with Gasteiger partial charge in [-0.05, 0) is 30.9 Å². The first-order chi connectivity index (χ1) is 9.27. The molecule has 1 aromatic carbocycles. The quantitative estimate of drug-likeness (QED) is 0.888. The maximum Gasteiger partial charge on any atom is 0.313 e. The van der Waals surface area contributed by atoms with Gasteiger partial charge in [0.1, 0.15) is 5.92 Å². The van der Waals surface area contributed by atoms with Crippen LogP contribution in [0.5, 0.6) is 0 Å². The van der Waals surface area contributed by atoms with Crippen LogP contribution in [-0.4, -0.2) is 34.0 Å². The molecule has 1 aromatic heterocycles. The Labute approximate surface area is 110 Å². The molecule has 0 spiro atoms. The molecule has 1 aliphatic rings. The van der Waals surface area contributed by atoms with Gasteiger partial charge in [-0.25, -0.2) is 0 Å². The van der Waals surface area contributed by atoms with E-state index in [9.17, 15) is 9.90 Å². The SMILES string of the molecule is O=C(O)C(c1cccc2[nH]ncc12)C1CCCCO1. The van der Waals surface area contributed by atoms with E-state index in [4.69, 9.17) is 4.74 Å². The number of fused-ring (bicyclic) bond motifs is 1. The van der Waals surface area contributed by atoms with Crippen molar-refractivity contribution in [1.29, 1.82) is 0 Å². The molecule has 0 bridgehead atoms. The molecule has 19 heavy (non-hydrogen) atoms. The zero-order valence-electron chi connectivity index (χ0n) is 10.5. The third-order valence-electron chi connectivity index (χ3n) is 3.71. The summed E-state index contributed by atoms with van der Waals surface area (Å²) in [5.41, 5.74) is 1.64. The second kappa shape index (κ2) is 5.01. The average Bonchev–Trinajstić information content (AvgIpc) is 2.89. The van der Waals surface area contributed by atoms with Gasteiger partial charge in [0.2, 0.25) is 0 Å². The molecular formula is C14H16N2O3. The normalized spacial score (nSPS) is 21.4. The highest BCUT2D eigenvalue weighted by atomic mass is 16.5. The lowest BCUT2D eigenvalue weighted by Crippen LogP contribution is -2.31. The van der Waals surface area contributed by atoms with Gasteiger partial charge in [0.05, 0.1) is 17.8 Å². The number of aromatic nitrogens is 2. The third kappa shape index (κ3) is 2.21. The van der Waals surface area contributed by atoms with Crippen molar-refractivity contribution in [1.82, 2.24) is 10.2 Å². The number of aliphatic carboxylic acids is 1. The number of aromatic amines is 1. The number of carbonyl (C=O) groups is 1. The fourth-order valence-electron chi connectivity index (χ4n) is 2.78. The van der Waals surface area contributed by atoms with Gasteiger partial charge in [-0.3, -0.25) is 9.89 Å². The minimum absolute atomic E-state index is 0.244. The Bertz CT molecular complexity index is 587. The van der Waals surface area contributed by atoms with Gasteiger partial charge in [0.25, 0.3) is 0 Å². The third-order valence-corrected chi connectivity index (χ3v) is 3.71. The molecular weight excluding hydrogens is 244 g/mol. The Balaban J connectivity index is 2.04. The maximum atomic E-state index is 11.7. The standard InChI is InChI=1S/C14H16N2O3/c17-14(18)13(12-6-1-2-7-19-12)9-4-3-5-11-10(9)8-15-16-11/h3-5,8,12-13H,1-2,6-7H2,(H,15,16)(H,17,18). The lowest BCUT2D eigenvalue weighted by Gasteiger charge is -2.28. The fraction of sp³-hybridized carbons (Fsp3) is 0.429. The summed E-state index contributed by atoms with van der Waals surface area (Å²) in [5, 5.41) is 17.3. The Morgan fingerprint density at radius 3 is 3.11 bits per heavy atom. The van der Waals surface area contributed by atoms with Crippen LogP contribution in [0.25, 0.3) is 10.9 Å². The first-order valence-corrected chi connectivity index (χ1v) is 6.54. The Morgan fingerprint density at radius 1 is 1.47 bits per heavy atom. The van der Waals surface area contributed by atoms with Gasteiger partial charge in [-0.2, -0.15) is 5.10 Å². The van der Waals surface area contributed by atoms with Crippen LogP contribution < -0.4 is 0 Å². The Kier molecular flexibility index (Phi) is 3.21. The van der Waals surface area contributed by atoms with Crippen LogP contribution in [0.1, 0.15) is 30.7 Å². The molecule has 0 aliphatic carbocycles. The van der Waals surface area contributed by atoms with E-state index in [1.807, 2.05) is 18.2 Å². The number of hydrogen-bond acceptors (Lipinski definition) is 3. The van der Waals surface area contributed by atoms with Crippen LogP contribution in [0.3, 0.4) is 0 Å². The van der Waals surface area contributed by atoms with E-state index in [0.717, 1.165) is 35.7 Å². The molecule has 0 amide bonds. The molecule has 0 saturated carbocycles. The van der Waals surface area contributed by atoms with Gasteiger partial charge in [0, 0.05) is 12.0 Å². The molecule has 0 radical (unpaired) electrons. The summed E-state index contributed by atoms with van der Waals surface area (Å²) in [4.78, 5) is 11.7. The Hall–Kier alpha value is -1.88. The first kappa shape index (κ1) is 12.2. The van der Waals surface area contributed by atoms with Crippen LogP contribution in [0.15, 0.2) is 24.4 Å². The lowest BCUT2D eigenvalue weighted by atomic mass is 9.87. The maximum absolute atomic E-state index is 11.7. The van der Waals surface area contributed by atoms with E-state index in [1.165, 1.54) is 0 Å². The summed E-state index contributed by atoms with van der Waals surface area (Å²) in [6.07, 6.45) is 4.27. The molecule has 100 valence electrons. The van der Waals surface area contributed by atoms with E-state index in [-0.39, 0.29) is 6.10 Å². The largest absolute Gasteiger partial charge is 0.481 e. The van der Waals surface area contributed by atoms with Gasteiger partial charge in [-0.15, -0.1) is 0 Å². The van der Waals surface area contributed by atoms with Crippen LogP contribution in [0.4, 0.5) is 0 Å². The molecule has 1 saturated heterocycles. The predicted molar refractivity (Wildman–Crippen MR) is 70.1 cm³/mol. The van der Waals surface area contributed by atoms with E-state index in [2.05, 4.69) is 10.2 Å². The molecule has 5 heteroatoms. The monoisotopic (exact) mass is 260 g/mol. The number of H-pyrrole nitrogens is 1. The summed E-state index contributed by atoms with van der Waals surface area (Å²) in [5.74, 6) is -1.46. The summed E-state index contributed by atoms with van der Waals surface area (Å²) >= 11 is 0. The topological polar surface area (TPSA) is 75.2 Å². The molecule has 2 atom stereocenters. The van der Waals surface area contributed by atoms with E-state index in [0.29, 0.717) is 6.61 Å². The number of nitrogens with one attached hydrogen (secondary N) is 1. The van der Waals surface area contributed by atoms with Crippen molar-refractivity contribution < 1.29 is 14.6 Å². The molecule has 1 fully saturated rings. The van der Waals surface area contributed by atoms with Crippen LogP contribution >= 0.6 is 0 Å². The zero-order valence-corrected chi connectivity index (χ0v) is 10.5. The van der Waals surface area contributed by atoms with Crippen molar-refractivity contribution >= 4 is 16.9 Å². The summed E-state index contributed by atoms with van der Waals surface area (Å²) < 4.78 is 5.67.